The lowest BCUT2D eigenvalue weighted by Crippen LogP contribution is -2.26. The number of hydrogen-bond acceptors (Lipinski definition) is 5. The van der Waals surface area contributed by atoms with E-state index in [4.69, 9.17) is 14.2 Å². The van der Waals surface area contributed by atoms with Crippen LogP contribution in [-0.2, 0) is 11.3 Å². The molecule has 4 nitrogen and oxygen atoms in total. The van der Waals surface area contributed by atoms with Crippen molar-refractivity contribution >= 4 is 11.3 Å². The highest BCUT2D eigenvalue weighted by atomic mass is 32.1. The van der Waals surface area contributed by atoms with Gasteiger partial charge in [0, 0.05) is 35.0 Å². The predicted molar refractivity (Wildman–Crippen MR) is 101 cm³/mol. The van der Waals surface area contributed by atoms with Crippen molar-refractivity contribution in [2.75, 3.05) is 26.4 Å². The Morgan fingerprint density at radius 2 is 2.20 bits per heavy atom. The third-order valence-corrected chi connectivity index (χ3v) is 5.75. The van der Waals surface area contributed by atoms with Crippen molar-refractivity contribution in [2.24, 2.45) is 0 Å². The van der Waals surface area contributed by atoms with Crippen LogP contribution in [0.4, 0.5) is 0 Å². The Balaban J connectivity index is 1.62. The molecule has 1 aromatic carbocycles. The normalized spacial score (nSPS) is 20.4. The van der Waals surface area contributed by atoms with Crippen LogP contribution < -0.4 is 14.8 Å². The molecular formula is C20H25NO3S. The van der Waals surface area contributed by atoms with Gasteiger partial charge in [0.05, 0.1) is 6.10 Å². The molecule has 1 fully saturated rings. The quantitative estimate of drug-likeness (QED) is 0.890. The molecule has 1 atom stereocenters. The second-order valence-electron chi connectivity index (χ2n) is 6.70. The van der Waals surface area contributed by atoms with Gasteiger partial charge in [0.15, 0.2) is 11.5 Å². The molecule has 0 spiro atoms. The van der Waals surface area contributed by atoms with Gasteiger partial charge in [0.2, 0.25) is 0 Å². The maximum Gasteiger partial charge on any atom is 0.165 e. The van der Waals surface area contributed by atoms with E-state index in [-0.39, 0.29) is 6.10 Å². The van der Waals surface area contributed by atoms with Crippen molar-refractivity contribution in [3.63, 3.8) is 0 Å². The number of aryl methyl sites for hydroxylation is 1. The summed E-state index contributed by atoms with van der Waals surface area (Å²) in [7, 11) is 0. The van der Waals surface area contributed by atoms with Gasteiger partial charge in [0.1, 0.15) is 13.2 Å². The highest BCUT2D eigenvalue weighted by Gasteiger charge is 2.20. The van der Waals surface area contributed by atoms with Gasteiger partial charge in [-0.1, -0.05) is 0 Å². The molecule has 0 saturated carbocycles. The number of fused-ring (bicyclic) bond motifs is 1. The van der Waals surface area contributed by atoms with E-state index in [9.17, 15) is 0 Å². The predicted octanol–water partition coefficient (Wildman–Crippen LogP) is 4.15. The SMILES string of the molecule is Cc1ccc(-c2cc3c(c(OCC4CCCCO4)c2)OCCNC3)s1. The van der Waals surface area contributed by atoms with Crippen molar-refractivity contribution < 1.29 is 14.2 Å². The van der Waals surface area contributed by atoms with Crippen LogP contribution in [0.5, 0.6) is 11.5 Å². The van der Waals surface area contributed by atoms with Crippen molar-refractivity contribution in [1.29, 1.82) is 0 Å². The van der Waals surface area contributed by atoms with E-state index in [0.29, 0.717) is 13.2 Å². The second kappa shape index (κ2) is 7.77. The zero-order chi connectivity index (χ0) is 17.1. The van der Waals surface area contributed by atoms with Crippen molar-refractivity contribution in [3.05, 3.63) is 34.7 Å². The Labute approximate surface area is 153 Å². The van der Waals surface area contributed by atoms with Crippen LogP contribution in [0.3, 0.4) is 0 Å². The Bertz CT molecular complexity index is 722. The number of ether oxygens (including phenoxy) is 3. The standard InChI is InChI=1S/C20H25NO3S/c1-14-5-6-19(25-14)15-10-16-12-21-7-9-23-20(16)18(11-15)24-13-17-4-2-3-8-22-17/h5-6,10-11,17,21H,2-4,7-9,12-13H2,1H3. The van der Waals surface area contributed by atoms with E-state index >= 15 is 0 Å². The minimum Gasteiger partial charge on any atom is -0.488 e. The van der Waals surface area contributed by atoms with Crippen LogP contribution in [-0.4, -0.2) is 32.5 Å². The lowest BCUT2D eigenvalue weighted by Gasteiger charge is -2.23. The third kappa shape index (κ3) is 4.00. The summed E-state index contributed by atoms with van der Waals surface area (Å²) in [6.45, 7) is 5.91. The average molecular weight is 359 g/mol. The monoisotopic (exact) mass is 359 g/mol. The number of hydrogen-bond donors (Lipinski definition) is 1. The largest absolute Gasteiger partial charge is 0.488 e. The van der Waals surface area contributed by atoms with Crippen molar-refractivity contribution in [2.45, 2.75) is 38.8 Å². The third-order valence-electron chi connectivity index (χ3n) is 4.70. The minimum absolute atomic E-state index is 0.195. The van der Waals surface area contributed by atoms with Gasteiger partial charge >= 0.3 is 0 Å². The first-order valence-corrected chi connectivity index (χ1v) is 9.93. The Hall–Kier alpha value is -1.56. The van der Waals surface area contributed by atoms with Crippen LogP contribution in [0.1, 0.15) is 29.7 Å². The highest BCUT2D eigenvalue weighted by molar-refractivity contribution is 7.15. The topological polar surface area (TPSA) is 39.7 Å². The fourth-order valence-electron chi connectivity index (χ4n) is 3.36. The summed E-state index contributed by atoms with van der Waals surface area (Å²) in [4.78, 5) is 2.58. The Morgan fingerprint density at radius 1 is 1.24 bits per heavy atom. The highest BCUT2D eigenvalue weighted by Crippen LogP contribution is 2.39. The van der Waals surface area contributed by atoms with Crippen LogP contribution >= 0.6 is 11.3 Å². The number of thiophene rings is 1. The number of benzene rings is 1. The van der Waals surface area contributed by atoms with E-state index in [2.05, 4.69) is 36.5 Å². The van der Waals surface area contributed by atoms with E-state index in [1.165, 1.54) is 27.3 Å². The Kier molecular flexibility index (Phi) is 5.25. The molecule has 4 rings (SSSR count). The minimum atomic E-state index is 0.195. The summed E-state index contributed by atoms with van der Waals surface area (Å²) in [6, 6.07) is 8.69. The number of rotatable bonds is 4. The van der Waals surface area contributed by atoms with E-state index in [1.54, 1.807) is 0 Å². The Morgan fingerprint density at radius 3 is 3.00 bits per heavy atom. The molecule has 1 unspecified atom stereocenters. The fourth-order valence-corrected chi connectivity index (χ4v) is 4.22. The second-order valence-corrected chi connectivity index (χ2v) is 7.99. The molecule has 1 aromatic heterocycles. The lowest BCUT2D eigenvalue weighted by molar-refractivity contribution is -0.0115. The van der Waals surface area contributed by atoms with Gasteiger partial charge in [-0.3, -0.25) is 0 Å². The van der Waals surface area contributed by atoms with Gasteiger partial charge in [0.25, 0.3) is 0 Å². The fraction of sp³-hybridized carbons (Fsp3) is 0.500. The van der Waals surface area contributed by atoms with E-state index < -0.39 is 0 Å². The molecule has 3 heterocycles. The zero-order valence-corrected chi connectivity index (χ0v) is 15.5. The first-order valence-electron chi connectivity index (χ1n) is 9.11. The molecule has 2 aliphatic rings. The molecule has 0 amide bonds. The van der Waals surface area contributed by atoms with Crippen molar-refractivity contribution in [3.8, 4) is 21.9 Å². The number of nitrogens with one attached hydrogen (secondary N) is 1. The molecule has 2 aromatic rings. The zero-order valence-electron chi connectivity index (χ0n) is 14.7. The molecule has 1 N–H and O–H groups in total. The van der Waals surface area contributed by atoms with Crippen molar-refractivity contribution in [1.82, 2.24) is 5.32 Å². The molecule has 0 bridgehead atoms. The summed E-state index contributed by atoms with van der Waals surface area (Å²) in [5, 5.41) is 3.42. The lowest BCUT2D eigenvalue weighted by atomic mass is 10.1. The maximum atomic E-state index is 6.20. The summed E-state index contributed by atoms with van der Waals surface area (Å²) in [5.74, 6) is 1.73. The molecule has 5 heteroatoms. The molecule has 25 heavy (non-hydrogen) atoms. The van der Waals surface area contributed by atoms with Gasteiger partial charge in [-0.2, -0.15) is 0 Å². The average Bonchev–Trinajstić information content (AvgIpc) is 2.93. The first-order chi connectivity index (χ1) is 12.3. The van der Waals surface area contributed by atoms with Gasteiger partial charge in [-0.15, -0.1) is 11.3 Å². The molecule has 0 aliphatic carbocycles. The van der Waals surface area contributed by atoms with Crippen LogP contribution in [0, 0.1) is 6.92 Å². The summed E-state index contributed by atoms with van der Waals surface area (Å²) in [6.07, 6.45) is 3.66. The molecule has 0 radical (unpaired) electrons. The van der Waals surface area contributed by atoms with Gasteiger partial charge in [-0.05, 0) is 56.0 Å². The van der Waals surface area contributed by atoms with Crippen LogP contribution in [0.2, 0.25) is 0 Å². The maximum absolute atomic E-state index is 6.20. The molecular weight excluding hydrogens is 334 g/mol. The van der Waals surface area contributed by atoms with Crippen LogP contribution in [0.15, 0.2) is 24.3 Å². The van der Waals surface area contributed by atoms with Crippen LogP contribution in [0.25, 0.3) is 10.4 Å². The molecule has 2 aliphatic heterocycles. The summed E-state index contributed by atoms with van der Waals surface area (Å²) in [5.41, 5.74) is 2.37. The summed E-state index contributed by atoms with van der Waals surface area (Å²) >= 11 is 1.81. The first kappa shape index (κ1) is 16.9. The smallest absolute Gasteiger partial charge is 0.165 e. The molecule has 134 valence electrons. The summed E-state index contributed by atoms with van der Waals surface area (Å²) < 4.78 is 18.0. The van der Waals surface area contributed by atoms with Gasteiger partial charge in [-0.25, -0.2) is 0 Å². The molecule has 1 saturated heterocycles. The van der Waals surface area contributed by atoms with Gasteiger partial charge < -0.3 is 19.5 Å². The van der Waals surface area contributed by atoms with E-state index in [1.807, 2.05) is 11.3 Å². The van der Waals surface area contributed by atoms with E-state index in [0.717, 1.165) is 44.0 Å².